The summed E-state index contributed by atoms with van der Waals surface area (Å²) in [6.45, 7) is 0.239. The van der Waals surface area contributed by atoms with Crippen molar-refractivity contribution in [2.75, 3.05) is 6.54 Å². The van der Waals surface area contributed by atoms with Crippen molar-refractivity contribution in [3.8, 4) is 0 Å². The summed E-state index contributed by atoms with van der Waals surface area (Å²) < 4.78 is 0. The molecule has 0 amide bonds. The predicted octanol–water partition coefficient (Wildman–Crippen LogP) is 5.08. The fourth-order valence-corrected chi connectivity index (χ4v) is 3.02. The molecule has 0 aliphatic heterocycles. The maximum Gasteiger partial charge on any atom is 0.0871 e. The fourth-order valence-electron chi connectivity index (χ4n) is 2.17. The van der Waals surface area contributed by atoms with E-state index < -0.39 is 6.10 Å². The van der Waals surface area contributed by atoms with Crippen LogP contribution < -0.4 is 5.73 Å². The van der Waals surface area contributed by atoms with Crippen molar-refractivity contribution in [1.82, 2.24) is 0 Å². The lowest BCUT2D eigenvalue weighted by atomic mass is 9.89. The molecule has 0 saturated heterocycles. The van der Waals surface area contributed by atoms with Crippen molar-refractivity contribution in [3.63, 3.8) is 0 Å². The molecule has 0 bridgehead atoms. The van der Waals surface area contributed by atoms with Crippen molar-refractivity contribution < 1.29 is 5.11 Å². The lowest BCUT2D eigenvalue weighted by Crippen LogP contribution is -2.20. The van der Waals surface area contributed by atoms with Crippen molar-refractivity contribution in [3.05, 3.63) is 67.6 Å². The van der Waals surface area contributed by atoms with Crippen LogP contribution in [0.2, 0.25) is 20.1 Å². The molecule has 0 heterocycles. The average molecular weight is 365 g/mol. The molecule has 2 unspecified atom stereocenters. The minimum absolute atomic E-state index is 0.239. The Hall–Kier alpha value is -0.480. The van der Waals surface area contributed by atoms with Gasteiger partial charge in [0.25, 0.3) is 0 Å². The SMILES string of the molecule is NCC(c1ccc(Cl)c(Cl)c1)C(O)c1cc(Cl)cc(Cl)c1. The van der Waals surface area contributed by atoms with Gasteiger partial charge in [-0.3, -0.25) is 0 Å². The second-order valence-corrected chi connectivity index (χ2v) is 6.35. The molecule has 0 aliphatic rings. The second kappa shape index (κ2) is 7.19. The first-order valence-electron chi connectivity index (χ1n) is 6.21. The first-order valence-corrected chi connectivity index (χ1v) is 7.72. The van der Waals surface area contributed by atoms with Crippen molar-refractivity contribution in [1.29, 1.82) is 0 Å². The van der Waals surface area contributed by atoms with Gasteiger partial charge in [0.15, 0.2) is 0 Å². The molecule has 2 aromatic rings. The lowest BCUT2D eigenvalue weighted by Gasteiger charge is -2.23. The molecule has 21 heavy (non-hydrogen) atoms. The van der Waals surface area contributed by atoms with E-state index >= 15 is 0 Å². The highest BCUT2D eigenvalue weighted by Gasteiger charge is 2.23. The van der Waals surface area contributed by atoms with E-state index in [1.54, 1.807) is 36.4 Å². The van der Waals surface area contributed by atoms with E-state index in [9.17, 15) is 5.11 Å². The highest BCUT2D eigenvalue weighted by atomic mass is 35.5. The Morgan fingerprint density at radius 2 is 1.48 bits per heavy atom. The Morgan fingerprint density at radius 3 is 2.00 bits per heavy atom. The van der Waals surface area contributed by atoms with Crippen LogP contribution in [0.4, 0.5) is 0 Å². The van der Waals surface area contributed by atoms with Gasteiger partial charge < -0.3 is 10.8 Å². The van der Waals surface area contributed by atoms with E-state index in [4.69, 9.17) is 52.1 Å². The van der Waals surface area contributed by atoms with Crippen LogP contribution in [0, 0.1) is 0 Å². The third kappa shape index (κ3) is 4.04. The first-order chi connectivity index (χ1) is 9.92. The minimum atomic E-state index is -0.844. The predicted molar refractivity (Wildman–Crippen MR) is 89.7 cm³/mol. The van der Waals surface area contributed by atoms with Gasteiger partial charge in [-0.25, -0.2) is 0 Å². The van der Waals surface area contributed by atoms with E-state index in [0.717, 1.165) is 5.56 Å². The molecule has 112 valence electrons. The minimum Gasteiger partial charge on any atom is -0.388 e. The second-order valence-electron chi connectivity index (χ2n) is 4.66. The van der Waals surface area contributed by atoms with Crippen LogP contribution in [0.5, 0.6) is 0 Å². The molecule has 2 atom stereocenters. The number of aliphatic hydroxyl groups excluding tert-OH is 1. The summed E-state index contributed by atoms with van der Waals surface area (Å²) in [5.74, 6) is -0.339. The summed E-state index contributed by atoms with van der Waals surface area (Å²) in [5.41, 5.74) is 7.21. The van der Waals surface area contributed by atoms with Gasteiger partial charge in [0, 0.05) is 22.5 Å². The van der Waals surface area contributed by atoms with Crippen LogP contribution in [0.25, 0.3) is 0 Å². The monoisotopic (exact) mass is 363 g/mol. The number of aliphatic hydroxyl groups is 1. The average Bonchev–Trinajstić information content (AvgIpc) is 2.42. The van der Waals surface area contributed by atoms with Gasteiger partial charge in [-0.15, -0.1) is 0 Å². The van der Waals surface area contributed by atoms with Gasteiger partial charge in [0.05, 0.1) is 16.1 Å². The Balaban J connectivity index is 2.37. The quantitative estimate of drug-likeness (QED) is 0.794. The topological polar surface area (TPSA) is 46.2 Å². The van der Waals surface area contributed by atoms with E-state index in [0.29, 0.717) is 25.7 Å². The van der Waals surface area contributed by atoms with Crippen molar-refractivity contribution in [2.24, 2.45) is 5.73 Å². The molecule has 2 aromatic carbocycles. The van der Waals surface area contributed by atoms with E-state index in [-0.39, 0.29) is 12.5 Å². The zero-order valence-electron chi connectivity index (χ0n) is 10.9. The Bertz CT molecular complexity index is 627. The molecule has 2 nitrogen and oxygen atoms in total. The lowest BCUT2D eigenvalue weighted by molar-refractivity contribution is 0.147. The van der Waals surface area contributed by atoms with Crippen LogP contribution in [0.3, 0.4) is 0 Å². The van der Waals surface area contributed by atoms with Gasteiger partial charge in [-0.05, 0) is 41.5 Å². The van der Waals surface area contributed by atoms with E-state index in [1.807, 2.05) is 0 Å². The third-order valence-electron chi connectivity index (χ3n) is 3.23. The fraction of sp³-hybridized carbons (Fsp3) is 0.200. The number of hydrogen-bond donors (Lipinski definition) is 2. The standard InChI is InChI=1S/C15H13Cl4NO/c16-10-3-9(4-11(17)6-10)15(21)12(7-20)8-1-2-13(18)14(19)5-8/h1-6,12,15,21H,7,20H2. The van der Waals surface area contributed by atoms with Gasteiger partial charge in [0.1, 0.15) is 0 Å². The van der Waals surface area contributed by atoms with Crippen LogP contribution in [-0.4, -0.2) is 11.7 Å². The molecular formula is C15H13Cl4NO. The Kier molecular flexibility index (Phi) is 5.78. The smallest absolute Gasteiger partial charge is 0.0871 e. The Morgan fingerprint density at radius 1 is 0.857 bits per heavy atom. The maximum absolute atomic E-state index is 10.6. The summed E-state index contributed by atoms with van der Waals surface area (Å²) in [7, 11) is 0. The number of benzene rings is 2. The third-order valence-corrected chi connectivity index (χ3v) is 4.41. The molecule has 3 N–H and O–H groups in total. The van der Waals surface area contributed by atoms with Crippen LogP contribution in [-0.2, 0) is 0 Å². The van der Waals surface area contributed by atoms with Gasteiger partial charge in [-0.2, -0.15) is 0 Å². The molecule has 0 radical (unpaired) electrons. The summed E-state index contributed by atoms with van der Waals surface area (Å²) in [6, 6.07) is 10.1. The summed E-state index contributed by atoms with van der Waals surface area (Å²) in [4.78, 5) is 0. The molecule has 0 aromatic heterocycles. The molecule has 0 spiro atoms. The molecule has 6 heteroatoms. The molecule has 0 fully saturated rings. The highest BCUT2D eigenvalue weighted by molar-refractivity contribution is 6.42. The molecule has 2 rings (SSSR count). The van der Waals surface area contributed by atoms with E-state index in [2.05, 4.69) is 0 Å². The summed E-state index contributed by atoms with van der Waals surface area (Å²) in [6.07, 6.45) is -0.844. The van der Waals surface area contributed by atoms with Crippen molar-refractivity contribution in [2.45, 2.75) is 12.0 Å². The molecular weight excluding hydrogens is 352 g/mol. The number of nitrogens with two attached hydrogens (primary N) is 1. The summed E-state index contributed by atoms with van der Waals surface area (Å²) in [5, 5.41) is 12.4. The zero-order chi connectivity index (χ0) is 15.6. The summed E-state index contributed by atoms with van der Waals surface area (Å²) >= 11 is 23.9. The highest BCUT2D eigenvalue weighted by Crippen LogP contribution is 2.35. The van der Waals surface area contributed by atoms with Gasteiger partial charge >= 0.3 is 0 Å². The normalized spacial score (nSPS) is 14.0. The Labute approximate surface area is 143 Å². The van der Waals surface area contributed by atoms with Gasteiger partial charge in [-0.1, -0.05) is 52.5 Å². The van der Waals surface area contributed by atoms with Crippen LogP contribution >= 0.6 is 46.4 Å². The molecule has 0 saturated carbocycles. The molecule has 0 aliphatic carbocycles. The van der Waals surface area contributed by atoms with Crippen molar-refractivity contribution >= 4 is 46.4 Å². The number of halogens is 4. The number of hydrogen-bond acceptors (Lipinski definition) is 2. The zero-order valence-corrected chi connectivity index (χ0v) is 13.9. The van der Waals surface area contributed by atoms with Crippen LogP contribution in [0.1, 0.15) is 23.1 Å². The number of rotatable bonds is 4. The first kappa shape index (κ1) is 16.9. The van der Waals surface area contributed by atoms with Gasteiger partial charge in [0.2, 0.25) is 0 Å². The largest absolute Gasteiger partial charge is 0.388 e. The van der Waals surface area contributed by atoms with E-state index in [1.165, 1.54) is 0 Å². The van der Waals surface area contributed by atoms with Crippen LogP contribution in [0.15, 0.2) is 36.4 Å². The maximum atomic E-state index is 10.6.